The van der Waals surface area contributed by atoms with Crippen molar-refractivity contribution in [1.82, 2.24) is 10.2 Å². The molecule has 1 fully saturated rings. The molecule has 1 N–H and O–H groups in total. The largest absolute Gasteiger partial charge is 0.468 e. The standard InChI is InChI=1S/C12H24N2O2/c1-5-10(11(15)16-4)13-9-12(14(2)3)7-6-8-12/h10,13H,5-9H2,1-4H3. The van der Waals surface area contributed by atoms with Crippen molar-refractivity contribution in [2.24, 2.45) is 0 Å². The lowest BCUT2D eigenvalue weighted by Crippen LogP contribution is -2.58. The van der Waals surface area contributed by atoms with Gasteiger partial charge in [-0.15, -0.1) is 0 Å². The summed E-state index contributed by atoms with van der Waals surface area (Å²) in [5.74, 6) is -0.157. The van der Waals surface area contributed by atoms with Crippen LogP contribution in [0.15, 0.2) is 0 Å². The molecule has 1 rings (SSSR count). The fourth-order valence-electron chi connectivity index (χ4n) is 2.22. The Balaban J connectivity index is 2.45. The Labute approximate surface area is 98.3 Å². The number of nitrogens with zero attached hydrogens (tertiary/aromatic N) is 1. The molecule has 0 aromatic rings. The highest BCUT2D eigenvalue weighted by Gasteiger charge is 2.39. The van der Waals surface area contributed by atoms with Gasteiger partial charge in [-0.25, -0.2) is 0 Å². The molecule has 0 amide bonds. The summed E-state index contributed by atoms with van der Waals surface area (Å²) in [4.78, 5) is 13.7. The number of ether oxygens (including phenoxy) is 1. The zero-order chi connectivity index (χ0) is 12.2. The van der Waals surface area contributed by atoms with Crippen LogP contribution >= 0.6 is 0 Å². The highest BCUT2D eigenvalue weighted by atomic mass is 16.5. The van der Waals surface area contributed by atoms with E-state index in [2.05, 4.69) is 24.3 Å². The van der Waals surface area contributed by atoms with Gasteiger partial charge in [0, 0.05) is 12.1 Å². The Hall–Kier alpha value is -0.610. The maximum atomic E-state index is 11.4. The Bertz CT molecular complexity index is 237. The predicted molar refractivity (Wildman–Crippen MR) is 64.4 cm³/mol. The second-order valence-electron chi connectivity index (χ2n) is 4.84. The monoisotopic (exact) mass is 228 g/mol. The minimum absolute atomic E-state index is 0.157. The molecule has 1 saturated carbocycles. The van der Waals surface area contributed by atoms with Gasteiger partial charge in [0.2, 0.25) is 0 Å². The van der Waals surface area contributed by atoms with Gasteiger partial charge in [0.25, 0.3) is 0 Å². The molecule has 0 aromatic carbocycles. The van der Waals surface area contributed by atoms with E-state index in [1.165, 1.54) is 26.4 Å². The Morgan fingerprint density at radius 2 is 2.12 bits per heavy atom. The van der Waals surface area contributed by atoms with Gasteiger partial charge in [-0.05, 0) is 39.8 Å². The maximum absolute atomic E-state index is 11.4. The number of hydrogen-bond acceptors (Lipinski definition) is 4. The molecule has 0 spiro atoms. The number of rotatable bonds is 6. The quantitative estimate of drug-likeness (QED) is 0.689. The molecule has 1 atom stereocenters. The second-order valence-corrected chi connectivity index (χ2v) is 4.84. The van der Waals surface area contributed by atoms with Crippen molar-refractivity contribution in [3.8, 4) is 0 Å². The van der Waals surface area contributed by atoms with Crippen molar-refractivity contribution in [1.29, 1.82) is 0 Å². The van der Waals surface area contributed by atoms with Crippen LogP contribution in [0.5, 0.6) is 0 Å². The first-order valence-corrected chi connectivity index (χ1v) is 6.04. The van der Waals surface area contributed by atoms with Crippen LogP contribution in [-0.4, -0.2) is 50.2 Å². The molecule has 0 heterocycles. The molecule has 1 unspecified atom stereocenters. The predicted octanol–water partition coefficient (Wildman–Crippen LogP) is 1.01. The van der Waals surface area contributed by atoms with Crippen molar-refractivity contribution in [3.63, 3.8) is 0 Å². The van der Waals surface area contributed by atoms with E-state index in [4.69, 9.17) is 4.74 Å². The molecule has 94 valence electrons. The van der Waals surface area contributed by atoms with E-state index in [9.17, 15) is 4.79 Å². The average Bonchev–Trinajstić information content (AvgIpc) is 2.20. The fourth-order valence-corrected chi connectivity index (χ4v) is 2.22. The summed E-state index contributed by atoms with van der Waals surface area (Å²) >= 11 is 0. The first-order chi connectivity index (χ1) is 7.55. The third-order valence-electron chi connectivity index (χ3n) is 3.80. The van der Waals surface area contributed by atoms with E-state index in [0.717, 1.165) is 13.0 Å². The van der Waals surface area contributed by atoms with E-state index in [0.29, 0.717) is 0 Å². The molecular weight excluding hydrogens is 204 g/mol. The summed E-state index contributed by atoms with van der Waals surface area (Å²) in [5.41, 5.74) is 0.251. The molecule has 4 heteroatoms. The topological polar surface area (TPSA) is 41.6 Å². The van der Waals surface area contributed by atoms with Gasteiger partial charge in [0.05, 0.1) is 7.11 Å². The lowest BCUT2D eigenvalue weighted by atomic mass is 9.75. The Morgan fingerprint density at radius 3 is 2.44 bits per heavy atom. The third kappa shape index (κ3) is 2.74. The van der Waals surface area contributed by atoms with Crippen molar-refractivity contribution in [2.45, 2.75) is 44.2 Å². The van der Waals surface area contributed by atoms with Gasteiger partial charge in [0.1, 0.15) is 6.04 Å². The number of methoxy groups -OCH3 is 1. The number of esters is 1. The van der Waals surface area contributed by atoms with Crippen molar-refractivity contribution in [3.05, 3.63) is 0 Å². The van der Waals surface area contributed by atoms with Crippen LogP contribution < -0.4 is 5.32 Å². The SMILES string of the molecule is CCC(NCC1(N(C)C)CCC1)C(=O)OC. The minimum atomic E-state index is -0.164. The lowest BCUT2D eigenvalue weighted by molar-refractivity contribution is -0.143. The average molecular weight is 228 g/mol. The summed E-state index contributed by atoms with van der Waals surface area (Å²) < 4.78 is 4.77. The minimum Gasteiger partial charge on any atom is -0.468 e. The van der Waals surface area contributed by atoms with Crippen molar-refractivity contribution >= 4 is 5.97 Å². The van der Waals surface area contributed by atoms with Gasteiger partial charge < -0.3 is 15.0 Å². The van der Waals surface area contributed by atoms with Gasteiger partial charge in [0.15, 0.2) is 0 Å². The maximum Gasteiger partial charge on any atom is 0.322 e. The summed E-state index contributed by atoms with van der Waals surface area (Å²) in [5, 5.41) is 3.33. The zero-order valence-corrected chi connectivity index (χ0v) is 10.9. The molecule has 0 radical (unpaired) electrons. The number of carbonyl (C=O) groups is 1. The Kier molecular flexibility index (Phi) is 4.74. The molecule has 0 aromatic heterocycles. The molecule has 0 bridgehead atoms. The van der Waals surface area contributed by atoms with Crippen LogP contribution in [0, 0.1) is 0 Å². The van der Waals surface area contributed by atoms with Gasteiger partial charge in [-0.3, -0.25) is 4.79 Å². The summed E-state index contributed by atoms with van der Waals surface area (Å²) in [6.07, 6.45) is 4.49. The van der Waals surface area contributed by atoms with Gasteiger partial charge in [-0.2, -0.15) is 0 Å². The van der Waals surface area contributed by atoms with Crippen LogP contribution in [0.2, 0.25) is 0 Å². The van der Waals surface area contributed by atoms with E-state index in [-0.39, 0.29) is 17.6 Å². The van der Waals surface area contributed by atoms with Crippen LogP contribution in [0.4, 0.5) is 0 Å². The van der Waals surface area contributed by atoms with E-state index in [1.54, 1.807) is 0 Å². The summed E-state index contributed by atoms with van der Waals surface area (Å²) in [6.45, 7) is 2.87. The third-order valence-corrected chi connectivity index (χ3v) is 3.80. The number of nitrogens with one attached hydrogen (secondary N) is 1. The molecule has 1 aliphatic rings. The highest BCUT2D eigenvalue weighted by molar-refractivity contribution is 5.75. The lowest BCUT2D eigenvalue weighted by Gasteiger charge is -2.48. The molecule has 16 heavy (non-hydrogen) atoms. The van der Waals surface area contributed by atoms with E-state index >= 15 is 0 Å². The highest BCUT2D eigenvalue weighted by Crippen LogP contribution is 2.35. The molecule has 4 nitrogen and oxygen atoms in total. The number of carbonyl (C=O) groups excluding carboxylic acids is 1. The van der Waals surface area contributed by atoms with Crippen molar-refractivity contribution < 1.29 is 9.53 Å². The molecule has 0 saturated heterocycles. The smallest absolute Gasteiger partial charge is 0.322 e. The number of likely N-dealkylation sites (N-methyl/N-ethyl adjacent to an activating group) is 1. The zero-order valence-electron chi connectivity index (χ0n) is 10.9. The first kappa shape index (κ1) is 13.5. The van der Waals surface area contributed by atoms with E-state index < -0.39 is 0 Å². The molecule has 1 aliphatic carbocycles. The first-order valence-electron chi connectivity index (χ1n) is 6.04. The van der Waals surface area contributed by atoms with Crippen molar-refractivity contribution in [2.75, 3.05) is 27.7 Å². The Morgan fingerprint density at radius 1 is 1.50 bits per heavy atom. The summed E-state index contributed by atoms with van der Waals surface area (Å²) in [7, 11) is 5.66. The van der Waals surface area contributed by atoms with E-state index in [1.807, 2.05) is 6.92 Å². The van der Waals surface area contributed by atoms with Crippen LogP contribution in [0.25, 0.3) is 0 Å². The summed E-state index contributed by atoms with van der Waals surface area (Å²) in [6, 6.07) is -0.164. The fraction of sp³-hybridized carbons (Fsp3) is 0.917. The van der Waals surface area contributed by atoms with Crippen LogP contribution in [0.1, 0.15) is 32.6 Å². The molecular formula is C12H24N2O2. The van der Waals surface area contributed by atoms with Gasteiger partial charge in [-0.1, -0.05) is 6.92 Å². The van der Waals surface area contributed by atoms with Crippen LogP contribution in [0.3, 0.4) is 0 Å². The normalized spacial score (nSPS) is 20.3. The second kappa shape index (κ2) is 5.64. The van der Waals surface area contributed by atoms with Crippen LogP contribution in [-0.2, 0) is 9.53 Å². The molecule has 0 aliphatic heterocycles. The number of hydrogen-bond donors (Lipinski definition) is 1. The van der Waals surface area contributed by atoms with Gasteiger partial charge >= 0.3 is 5.97 Å².